The van der Waals surface area contributed by atoms with E-state index in [4.69, 9.17) is 21.6 Å². The van der Waals surface area contributed by atoms with Crippen LogP contribution in [0.5, 0.6) is 0 Å². The molecule has 29 heavy (non-hydrogen) atoms. The normalized spacial score (nSPS) is 11.2. The van der Waals surface area contributed by atoms with Crippen LogP contribution in [-0.4, -0.2) is 29.9 Å². The van der Waals surface area contributed by atoms with Gasteiger partial charge in [-0.15, -0.1) is 0 Å². The Labute approximate surface area is 171 Å². The van der Waals surface area contributed by atoms with E-state index in [1.165, 1.54) is 6.33 Å². The highest BCUT2D eigenvalue weighted by Gasteiger charge is 2.15. The molecular formula is C21H16ClN7. The number of rotatable bonds is 4. The van der Waals surface area contributed by atoms with Gasteiger partial charge in [0.15, 0.2) is 11.5 Å². The Kier molecular flexibility index (Phi) is 4.29. The number of imidazole rings is 1. The quantitative estimate of drug-likeness (QED) is 0.459. The van der Waals surface area contributed by atoms with Crippen LogP contribution in [0.1, 0.15) is 11.3 Å². The molecular weight excluding hydrogens is 386 g/mol. The third-order valence-electron chi connectivity index (χ3n) is 4.74. The van der Waals surface area contributed by atoms with Gasteiger partial charge in [0.05, 0.1) is 40.3 Å². The number of fused-ring (bicyclic) bond motifs is 2. The number of anilines is 1. The minimum Gasteiger partial charge on any atom is -0.362 e. The van der Waals surface area contributed by atoms with Crippen molar-refractivity contribution < 1.29 is 0 Å². The molecule has 2 N–H and O–H groups in total. The van der Waals surface area contributed by atoms with Crippen LogP contribution in [0.25, 0.3) is 33.5 Å². The second-order valence-corrected chi connectivity index (χ2v) is 7.02. The number of H-pyrrole nitrogens is 1. The van der Waals surface area contributed by atoms with E-state index in [0.29, 0.717) is 28.5 Å². The van der Waals surface area contributed by atoms with E-state index in [2.05, 4.69) is 25.3 Å². The van der Waals surface area contributed by atoms with Crippen molar-refractivity contribution >= 4 is 39.6 Å². The molecule has 0 saturated carbocycles. The highest BCUT2D eigenvalue weighted by Crippen LogP contribution is 2.30. The zero-order chi connectivity index (χ0) is 19.8. The Hall–Kier alpha value is -3.58. The third kappa shape index (κ3) is 3.15. The largest absolute Gasteiger partial charge is 0.362 e. The third-order valence-corrected chi connectivity index (χ3v) is 5.07. The van der Waals surface area contributed by atoms with Gasteiger partial charge in [-0.1, -0.05) is 41.9 Å². The number of aromatic amines is 1. The molecule has 3 heterocycles. The minimum atomic E-state index is 0.413. The molecule has 2 aromatic carbocycles. The Bertz CT molecular complexity index is 1350. The topological polar surface area (TPSA) is 92.3 Å². The molecule has 0 atom stereocenters. The van der Waals surface area contributed by atoms with Gasteiger partial charge in [-0.2, -0.15) is 0 Å². The maximum Gasteiger partial charge on any atom is 0.162 e. The van der Waals surface area contributed by atoms with Crippen LogP contribution < -0.4 is 5.32 Å². The van der Waals surface area contributed by atoms with Crippen molar-refractivity contribution in [2.24, 2.45) is 0 Å². The Balaban J connectivity index is 1.63. The summed E-state index contributed by atoms with van der Waals surface area (Å²) in [6.07, 6.45) is 3.09. The molecule has 7 nitrogen and oxygen atoms in total. The van der Waals surface area contributed by atoms with Gasteiger partial charge in [0.25, 0.3) is 0 Å². The van der Waals surface area contributed by atoms with Gasteiger partial charge in [0, 0.05) is 5.56 Å². The maximum absolute atomic E-state index is 6.47. The first-order chi connectivity index (χ1) is 14.2. The highest BCUT2D eigenvalue weighted by molar-refractivity contribution is 6.33. The summed E-state index contributed by atoms with van der Waals surface area (Å²) < 4.78 is 0. The summed E-state index contributed by atoms with van der Waals surface area (Å²) in [4.78, 5) is 25.6. The van der Waals surface area contributed by atoms with E-state index in [9.17, 15) is 0 Å². The van der Waals surface area contributed by atoms with Crippen molar-refractivity contribution in [2.75, 3.05) is 5.32 Å². The molecule has 0 aliphatic heterocycles. The lowest BCUT2D eigenvalue weighted by Gasteiger charge is -2.13. The fourth-order valence-electron chi connectivity index (χ4n) is 3.31. The molecule has 3 aromatic heterocycles. The lowest BCUT2D eigenvalue weighted by Crippen LogP contribution is -2.08. The van der Waals surface area contributed by atoms with Crippen molar-refractivity contribution in [2.45, 2.75) is 13.5 Å². The van der Waals surface area contributed by atoms with Crippen molar-refractivity contribution in [3.05, 3.63) is 71.4 Å². The molecule has 0 fully saturated rings. The summed E-state index contributed by atoms with van der Waals surface area (Å²) in [5.41, 5.74) is 6.49. The second kappa shape index (κ2) is 7.10. The molecule has 0 spiro atoms. The number of halogens is 1. The SMILES string of the molecule is Cc1cccc2nc(-c3ccccc3Cl)c(CNc3ncnc4[nH]cnc34)nc12. The molecule has 0 unspecified atom stereocenters. The van der Waals surface area contributed by atoms with Crippen molar-refractivity contribution in [3.63, 3.8) is 0 Å². The van der Waals surface area contributed by atoms with Gasteiger partial charge < -0.3 is 10.3 Å². The summed E-state index contributed by atoms with van der Waals surface area (Å²) in [6, 6.07) is 13.6. The second-order valence-electron chi connectivity index (χ2n) is 6.62. The lowest BCUT2D eigenvalue weighted by atomic mass is 10.1. The van der Waals surface area contributed by atoms with Crippen LogP contribution in [-0.2, 0) is 6.54 Å². The molecule has 0 aliphatic rings. The number of aryl methyl sites for hydroxylation is 1. The highest BCUT2D eigenvalue weighted by atomic mass is 35.5. The first-order valence-electron chi connectivity index (χ1n) is 9.10. The van der Waals surface area contributed by atoms with Crippen molar-refractivity contribution in [1.29, 1.82) is 0 Å². The van der Waals surface area contributed by atoms with Crippen LogP contribution in [0.3, 0.4) is 0 Å². The van der Waals surface area contributed by atoms with Gasteiger partial charge in [-0.05, 0) is 24.6 Å². The number of hydrogen-bond donors (Lipinski definition) is 2. The average Bonchev–Trinajstić information content (AvgIpc) is 3.22. The van der Waals surface area contributed by atoms with Crippen molar-refractivity contribution in [1.82, 2.24) is 29.9 Å². The molecule has 0 radical (unpaired) electrons. The minimum absolute atomic E-state index is 0.413. The zero-order valence-electron chi connectivity index (χ0n) is 15.5. The van der Waals surface area contributed by atoms with E-state index < -0.39 is 0 Å². The maximum atomic E-state index is 6.47. The van der Waals surface area contributed by atoms with Crippen LogP contribution in [0, 0.1) is 6.92 Å². The van der Waals surface area contributed by atoms with Crippen LogP contribution in [0.15, 0.2) is 55.1 Å². The van der Waals surface area contributed by atoms with Crippen molar-refractivity contribution in [3.8, 4) is 11.3 Å². The van der Waals surface area contributed by atoms with Gasteiger partial charge in [-0.3, -0.25) is 0 Å². The Morgan fingerprint density at radius 3 is 2.76 bits per heavy atom. The number of para-hydroxylation sites is 1. The van der Waals surface area contributed by atoms with Gasteiger partial charge in [0.2, 0.25) is 0 Å². The first kappa shape index (κ1) is 17.5. The predicted octanol–water partition coefficient (Wildman–Crippen LogP) is 4.54. The number of aromatic nitrogens is 6. The van der Waals surface area contributed by atoms with Crippen LogP contribution in [0.4, 0.5) is 5.82 Å². The smallest absolute Gasteiger partial charge is 0.162 e. The van der Waals surface area contributed by atoms with E-state index in [0.717, 1.165) is 33.5 Å². The van der Waals surface area contributed by atoms with Gasteiger partial charge in [0.1, 0.15) is 11.8 Å². The monoisotopic (exact) mass is 401 g/mol. The summed E-state index contributed by atoms with van der Waals surface area (Å²) >= 11 is 6.47. The number of nitrogens with zero attached hydrogens (tertiary/aromatic N) is 5. The summed E-state index contributed by atoms with van der Waals surface area (Å²) in [5.74, 6) is 0.632. The molecule has 0 bridgehead atoms. The fourth-order valence-corrected chi connectivity index (χ4v) is 3.53. The molecule has 0 aliphatic carbocycles. The average molecular weight is 402 g/mol. The molecule has 8 heteroatoms. The van der Waals surface area contributed by atoms with E-state index >= 15 is 0 Å². The van der Waals surface area contributed by atoms with Crippen LogP contribution in [0.2, 0.25) is 5.02 Å². The first-order valence-corrected chi connectivity index (χ1v) is 9.47. The Morgan fingerprint density at radius 1 is 0.966 bits per heavy atom. The standard InChI is InChI=1S/C21H16ClN7/c1-12-5-4-8-15-17(12)29-16(18(28-15)13-6-2-3-7-14(13)22)9-23-20-19-21(25-10-24-19)27-11-26-20/h2-8,10-11H,9H2,1H3,(H2,23,24,25,26,27). The molecule has 0 saturated heterocycles. The van der Waals surface area contributed by atoms with Crippen LogP contribution >= 0.6 is 11.6 Å². The molecule has 0 amide bonds. The summed E-state index contributed by atoms with van der Waals surface area (Å²) in [7, 11) is 0. The number of nitrogens with one attached hydrogen (secondary N) is 2. The molecule has 5 aromatic rings. The lowest BCUT2D eigenvalue weighted by molar-refractivity contribution is 1.03. The van der Waals surface area contributed by atoms with E-state index in [1.54, 1.807) is 6.33 Å². The summed E-state index contributed by atoms with van der Waals surface area (Å²) in [6.45, 7) is 2.44. The number of benzene rings is 2. The summed E-state index contributed by atoms with van der Waals surface area (Å²) in [5, 5.41) is 3.96. The zero-order valence-corrected chi connectivity index (χ0v) is 16.3. The number of hydrogen-bond acceptors (Lipinski definition) is 6. The molecule has 5 rings (SSSR count). The predicted molar refractivity (Wildman–Crippen MR) is 114 cm³/mol. The van der Waals surface area contributed by atoms with E-state index in [-0.39, 0.29) is 0 Å². The fraction of sp³-hybridized carbons (Fsp3) is 0.0952. The van der Waals surface area contributed by atoms with Gasteiger partial charge in [-0.25, -0.2) is 24.9 Å². The van der Waals surface area contributed by atoms with E-state index in [1.807, 2.05) is 49.4 Å². The van der Waals surface area contributed by atoms with Gasteiger partial charge >= 0.3 is 0 Å². The molecule has 142 valence electrons. The Morgan fingerprint density at radius 2 is 1.86 bits per heavy atom.